The van der Waals surface area contributed by atoms with Gasteiger partial charge in [-0.05, 0) is 38.1 Å². The summed E-state index contributed by atoms with van der Waals surface area (Å²) in [4.78, 5) is 11.4. The summed E-state index contributed by atoms with van der Waals surface area (Å²) in [6.07, 6.45) is -0.467. The van der Waals surface area contributed by atoms with Gasteiger partial charge in [-0.2, -0.15) is 0 Å². The van der Waals surface area contributed by atoms with Gasteiger partial charge in [0.1, 0.15) is 5.75 Å². The molecule has 0 aromatic heterocycles. The number of rotatable bonds is 4. The van der Waals surface area contributed by atoms with E-state index in [-0.39, 0.29) is 5.91 Å². The minimum absolute atomic E-state index is 0.0968. The van der Waals surface area contributed by atoms with Crippen molar-refractivity contribution >= 4 is 21.8 Å². The largest absolute Gasteiger partial charge is 0.481 e. The van der Waals surface area contributed by atoms with Crippen LogP contribution in [0.3, 0.4) is 0 Å². The van der Waals surface area contributed by atoms with Gasteiger partial charge < -0.3 is 10.1 Å². The van der Waals surface area contributed by atoms with Gasteiger partial charge in [-0.15, -0.1) is 0 Å². The van der Waals surface area contributed by atoms with Crippen LogP contribution in [0.1, 0.15) is 13.8 Å². The first-order chi connectivity index (χ1) is 7.13. The topological polar surface area (TPSA) is 38.3 Å². The smallest absolute Gasteiger partial charge is 0.260 e. The molecule has 3 nitrogen and oxygen atoms in total. The van der Waals surface area contributed by atoms with Gasteiger partial charge in [0.05, 0.1) is 0 Å². The van der Waals surface area contributed by atoms with Crippen LogP contribution >= 0.6 is 15.9 Å². The molecule has 1 aromatic rings. The van der Waals surface area contributed by atoms with Crippen LogP contribution in [-0.4, -0.2) is 18.6 Å². The zero-order valence-electron chi connectivity index (χ0n) is 8.79. The van der Waals surface area contributed by atoms with E-state index in [4.69, 9.17) is 4.74 Å². The molecule has 0 saturated carbocycles. The second-order valence-electron chi connectivity index (χ2n) is 3.11. The van der Waals surface area contributed by atoms with Crippen molar-refractivity contribution in [1.82, 2.24) is 5.32 Å². The molecular formula is C11H14BrNO2. The van der Waals surface area contributed by atoms with Gasteiger partial charge in [0.2, 0.25) is 0 Å². The van der Waals surface area contributed by atoms with E-state index in [0.29, 0.717) is 12.3 Å². The minimum atomic E-state index is -0.467. The van der Waals surface area contributed by atoms with Crippen molar-refractivity contribution in [2.75, 3.05) is 6.54 Å². The number of amides is 1. The third kappa shape index (κ3) is 3.91. The third-order valence-electron chi connectivity index (χ3n) is 1.85. The molecule has 0 saturated heterocycles. The molecule has 1 atom stereocenters. The summed E-state index contributed by atoms with van der Waals surface area (Å²) in [6.45, 7) is 4.23. The summed E-state index contributed by atoms with van der Waals surface area (Å²) in [5.74, 6) is 0.595. The van der Waals surface area contributed by atoms with Gasteiger partial charge in [-0.3, -0.25) is 4.79 Å². The standard InChI is InChI=1S/C11H14BrNO2/c1-3-13-11(14)8(2)15-10-6-4-9(12)5-7-10/h4-8H,3H2,1-2H3,(H,13,14)/t8-/m1/s1. The first-order valence-electron chi connectivity index (χ1n) is 4.83. The molecule has 0 unspecified atom stereocenters. The van der Waals surface area contributed by atoms with Crippen molar-refractivity contribution in [3.63, 3.8) is 0 Å². The molecule has 82 valence electrons. The maximum atomic E-state index is 11.4. The molecule has 0 fully saturated rings. The molecule has 0 bridgehead atoms. The van der Waals surface area contributed by atoms with E-state index in [1.165, 1.54) is 0 Å². The zero-order chi connectivity index (χ0) is 11.3. The first-order valence-corrected chi connectivity index (χ1v) is 5.62. The molecule has 0 aliphatic carbocycles. The van der Waals surface area contributed by atoms with Crippen LogP contribution in [0.4, 0.5) is 0 Å². The molecule has 0 aliphatic heterocycles. The van der Waals surface area contributed by atoms with Crippen LogP contribution in [0, 0.1) is 0 Å². The van der Waals surface area contributed by atoms with Crippen LogP contribution in [0.5, 0.6) is 5.75 Å². The Balaban J connectivity index is 2.54. The summed E-state index contributed by atoms with van der Waals surface area (Å²) in [5.41, 5.74) is 0. The van der Waals surface area contributed by atoms with Gasteiger partial charge in [0.15, 0.2) is 6.10 Å². The second kappa shape index (κ2) is 5.75. The van der Waals surface area contributed by atoms with Crippen molar-refractivity contribution in [3.05, 3.63) is 28.7 Å². The Bertz CT molecular complexity index is 324. The Morgan fingerprint density at radius 3 is 2.60 bits per heavy atom. The van der Waals surface area contributed by atoms with Gasteiger partial charge in [0.25, 0.3) is 5.91 Å². The summed E-state index contributed by atoms with van der Waals surface area (Å²) in [7, 11) is 0. The van der Waals surface area contributed by atoms with Gasteiger partial charge in [-0.25, -0.2) is 0 Å². The monoisotopic (exact) mass is 271 g/mol. The number of carbonyl (C=O) groups excluding carboxylic acids is 1. The Labute approximate surface area is 97.9 Å². The molecule has 1 N–H and O–H groups in total. The van der Waals surface area contributed by atoms with E-state index in [1.807, 2.05) is 31.2 Å². The summed E-state index contributed by atoms with van der Waals surface area (Å²) < 4.78 is 6.44. The highest BCUT2D eigenvalue weighted by molar-refractivity contribution is 9.10. The van der Waals surface area contributed by atoms with Crippen LogP contribution in [0.25, 0.3) is 0 Å². The average molecular weight is 272 g/mol. The predicted molar refractivity (Wildman–Crippen MR) is 62.9 cm³/mol. The Kier molecular flexibility index (Phi) is 4.62. The molecular weight excluding hydrogens is 258 g/mol. The molecule has 15 heavy (non-hydrogen) atoms. The maximum Gasteiger partial charge on any atom is 0.260 e. The maximum absolute atomic E-state index is 11.4. The number of ether oxygens (including phenoxy) is 1. The first kappa shape index (κ1) is 12.0. The van der Waals surface area contributed by atoms with Crippen LogP contribution in [0.2, 0.25) is 0 Å². The van der Waals surface area contributed by atoms with E-state index in [2.05, 4.69) is 21.2 Å². The van der Waals surface area contributed by atoms with Crippen LogP contribution in [0.15, 0.2) is 28.7 Å². The Morgan fingerprint density at radius 2 is 2.07 bits per heavy atom. The number of benzene rings is 1. The van der Waals surface area contributed by atoms with E-state index in [0.717, 1.165) is 4.47 Å². The third-order valence-corrected chi connectivity index (χ3v) is 2.38. The van der Waals surface area contributed by atoms with Gasteiger partial charge in [0, 0.05) is 11.0 Å². The number of hydrogen-bond acceptors (Lipinski definition) is 2. The number of carbonyl (C=O) groups is 1. The van der Waals surface area contributed by atoms with Crippen LogP contribution < -0.4 is 10.1 Å². The minimum Gasteiger partial charge on any atom is -0.481 e. The lowest BCUT2D eigenvalue weighted by molar-refractivity contribution is -0.127. The number of halogens is 1. The molecule has 1 amide bonds. The fourth-order valence-corrected chi connectivity index (χ4v) is 1.35. The molecule has 0 radical (unpaired) electrons. The summed E-state index contributed by atoms with van der Waals surface area (Å²) in [5, 5.41) is 2.70. The number of likely N-dealkylation sites (N-methyl/N-ethyl adjacent to an activating group) is 1. The van der Waals surface area contributed by atoms with E-state index in [1.54, 1.807) is 6.92 Å². The number of nitrogens with one attached hydrogen (secondary N) is 1. The van der Waals surface area contributed by atoms with E-state index < -0.39 is 6.10 Å². The molecule has 4 heteroatoms. The molecule has 0 aliphatic rings. The lowest BCUT2D eigenvalue weighted by Crippen LogP contribution is -2.36. The van der Waals surface area contributed by atoms with Gasteiger partial charge in [-0.1, -0.05) is 15.9 Å². The quantitative estimate of drug-likeness (QED) is 0.913. The molecule has 0 heterocycles. The highest BCUT2D eigenvalue weighted by atomic mass is 79.9. The fourth-order valence-electron chi connectivity index (χ4n) is 1.09. The van der Waals surface area contributed by atoms with Crippen molar-refractivity contribution in [3.8, 4) is 5.75 Å². The normalized spacial score (nSPS) is 11.9. The summed E-state index contributed by atoms with van der Waals surface area (Å²) in [6, 6.07) is 7.39. The van der Waals surface area contributed by atoms with Crippen molar-refractivity contribution in [2.45, 2.75) is 20.0 Å². The predicted octanol–water partition coefficient (Wildman–Crippen LogP) is 2.35. The second-order valence-corrected chi connectivity index (χ2v) is 4.02. The highest BCUT2D eigenvalue weighted by Crippen LogP contribution is 2.17. The lowest BCUT2D eigenvalue weighted by atomic mass is 10.3. The Morgan fingerprint density at radius 1 is 1.47 bits per heavy atom. The van der Waals surface area contributed by atoms with E-state index in [9.17, 15) is 4.79 Å². The van der Waals surface area contributed by atoms with E-state index >= 15 is 0 Å². The molecule has 1 rings (SSSR count). The lowest BCUT2D eigenvalue weighted by Gasteiger charge is -2.13. The molecule has 0 spiro atoms. The average Bonchev–Trinajstić information content (AvgIpc) is 2.22. The summed E-state index contributed by atoms with van der Waals surface area (Å²) >= 11 is 3.33. The highest BCUT2D eigenvalue weighted by Gasteiger charge is 2.12. The molecule has 1 aromatic carbocycles. The fraction of sp³-hybridized carbons (Fsp3) is 0.364. The zero-order valence-corrected chi connectivity index (χ0v) is 10.4. The number of hydrogen-bond donors (Lipinski definition) is 1. The Hall–Kier alpha value is -1.03. The van der Waals surface area contributed by atoms with Gasteiger partial charge >= 0.3 is 0 Å². The SMILES string of the molecule is CCNC(=O)[C@@H](C)Oc1ccc(Br)cc1. The van der Waals surface area contributed by atoms with Crippen LogP contribution in [-0.2, 0) is 4.79 Å². The van der Waals surface area contributed by atoms with Crippen molar-refractivity contribution in [1.29, 1.82) is 0 Å². The van der Waals surface area contributed by atoms with Crippen molar-refractivity contribution in [2.24, 2.45) is 0 Å². The van der Waals surface area contributed by atoms with Crippen molar-refractivity contribution < 1.29 is 9.53 Å².